The molecule has 2 heterocycles. The van der Waals surface area contributed by atoms with Crippen LogP contribution in [0.15, 0.2) is 41.3 Å². The molecular formula is C17H17ClN2O5. The van der Waals surface area contributed by atoms with E-state index in [2.05, 4.69) is 0 Å². The molecule has 7 nitrogen and oxygen atoms in total. The Morgan fingerprint density at radius 3 is 2.64 bits per heavy atom. The minimum Gasteiger partial charge on any atom is -0.484 e. The van der Waals surface area contributed by atoms with Gasteiger partial charge in [-0.3, -0.25) is 14.9 Å². The Kier molecular flexibility index (Phi) is 3.89. The third-order valence-electron chi connectivity index (χ3n) is 4.82. The molecule has 0 fully saturated rings. The number of pyridine rings is 1. The molecule has 0 bridgehead atoms. The molecule has 1 aliphatic rings. The van der Waals surface area contributed by atoms with Crippen LogP contribution >= 0.6 is 11.6 Å². The zero-order valence-corrected chi connectivity index (χ0v) is 14.6. The summed E-state index contributed by atoms with van der Waals surface area (Å²) in [4.78, 5) is 23.2. The highest BCUT2D eigenvalue weighted by Crippen LogP contribution is 2.48. The minimum absolute atomic E-state index is 0.00502. The topological polar surface area (TPSA) is 94.6 Å². The highest BCUT2D eigenvalue weighted by atomic mass is 35.5. The number of non-ortho nitro benzene ring substituents is 1. The summed E-state index contributed by atoms with van der Waals surface area (Å²) in [6.07, 6.45) is 1.50. The van der Waals surface area contributed by atoms with Crippen LogP contribution in [0.1, 0.15) is 32.4 Å². The second kappa shape index (κ2) is 5.57. The maximum Gasteiger partial charge on any atom is 0.270 e. The van der Waals surface area contributed by atoms with Gasteiger partial charge in [0.05, 0.1) is 11.0 Å². The van der Waals surface area contributed by atoms with Crippen LogP contribution in [0.25, 0.3) is 0 Å². The zero-order chi connectivity index (χ0) is 18.6. The van der Waals surface area contributed by atoms with Crippen molar-refractivity contribution in [2.75, 3.05) is 0 Å². The molecule has 1 aromatic heterocycles. The Labute approximate surface area is 148 Å². The van der Waals surface area contributed by atoms with E-state index in [-0.39, 0.29) is 10.7 Å². The number of nitro benzene ring substituents is 1. The van der Waals surface area contributed by atoms with Gasteiger partial charge in [-0.25, -0.2) is 0 Å². The van der Waals surface area contributed by atoms with Crippen molar-refractivity contribution in [2.24, 2.45) is 0 Å². The molecule has 8 heteroatoms. The van der Waals surface area contributed by atoms with Crippen LogP contribution in [0.2, 0.25) is 5.02 Å². The van der Waals surface area contributed by atoms with Crippen molar-refractivity contribution in [3.8, 4) is 5.75 Å². The lowest BCUT2D eigenvalue weighted by molar-refractivity contribution is -0.385. The van der Waals surface area contributed by atoms with E-state index in [9.17, 15) is 20.0 Å². The van der Waals surface area contributed by atoms with E-state index in [4.69, 9.17) is 16.3 Å². The monoisotopic (exact) mass is 364 g/mol. The fraction of sp³-hybridized carbons (Fsp3) is 0.353. The Balaban J connectivity index is 2.34. The Hall–Kier alpha value is -2.38. The molecule has 0 amide bonds. The molecule has 132 valence electrons. The molecule has 0 aliphatic carbocycles. The number of halogens is 1. The van der Waals surface area contributed by atoms with Crippen molar-refractivity contribution >= 4 is 17.3 Å². The summed E-state index contributed by atoms with van der Waals surface area (Å²) in [6.45, 7) is 4.92. The maximum absolute atomic E-state index is 12.5. The summed E-state index contributed by atoms with van der Waals surface area (Å²) in [6, 6.07) is 6.25. The van der Waals surface area contributed by atoms with Gasteiger partial charge >= 0.3 is 0 Å². The number of aromatic nitrogens is 1. The summed E-state index contributed by atoms with van der Waals surface area (Å²) in [7, 11) is 0. The predicted octanol–water partition coefficient (Wildman–Crippen LogP) is 2.92. The molecular weight excluding hydrogens is 348 g/mol. The van der Waals surface area contributed by atoms with Gasteiger partial charge in [-0.2, -0.15) is 0 Å². The number of nitrogens with zero attached hydrogens (tertiary/aromatic N) is 2. The van der Waals surface area contributed by atoms with Crippen LogP contribution in [0.5, 0.6) is 5.75 Å². The largest absolute Gasteiger partial charge is 0.484 e. The number of ether oxygens (including phenoxy) is 1. The maximum atomic E-state index is 12.5. The number of hydrogen-bond donors (Lipinski definition) is 1. The summed E-state index contributed by atoms with van der Waals surface area (Å²) in [5.74, 6) is 0.374. The van der Waals surface area contributed by atoms with Crippen LogP contribution in [0.4, 0.5) is 5.69 Å². The van der Waals surface area contributed by atoms with Crippen molar-refractivity contribution in [1.82, 2.24) is 4.57 Å². The van der Waals surface area contributed by atoms with Gasteiger partial charge in [-0.1, -0.05) is 11.6 Å². The molecule has 3 rings (SSSR count). The highest BCUT2D eigenvalue weighted by Gasteiger charge is 2.54. The van der Waals surface area contributed by atoms with E-state index in [1.165, 1.54) is 42.0 Å². The van der Waals surface area contributed by atoms with Crippen molar-refractivity contribution in [2.45, 2.75) is 38.0 Å². The van der Waals surface area contributed by atoms with Gasteiger partial charge < -0.3 is 14.4 Å². The van der Waals surface area contributed by atoms with Gasteiger partial charge in [0, 0.05) is 23.9 Å². The fourth-order valence-electron chi connectivity index (χ4n) is 3.07. The molecule has 2 aromatic rings. The van der Waals surface area contributed by atoms with Crippen molar-refractivity contribution in [3.05, 3.63) is 67.6 Å². The molecule has 1 aromatic carbocycles. The van der Waals surface area contributed by atoms with Gasteiger partial charge in [0.2, 0.25) is 0 Å². The van der Waals surface area contributed by atoms with Gasteiger partial charge in [0.1, 0.15) is 22.0 Å². The van der Waals surface area contributed by atoms with Crippen LogP contribution < -0.4 is 10.3 Å². The van der Waals surface area contributed by atoms with E-state index in [1.54, 1.807) is 19.9 Å². The van der Waals surface area contributed by atoms with E-state index >= 15 is 0 Å². The van der Waals surface area contributed by atoms with Crippen molar-refractivity contribution in [1.29, 1.82) is 0 Å². The first-order valence-electron chi connectivity index (χ1n) is 7.62. The van der Waals surface area contributed by atoms with Gasteiger partial charge in [-0.15, -0.1) is 0 Å². The van der Waals surface area contributed by atoms with Crippen LogP contribution in [-0.2, 0) is 0 Å². The number of benzene rings is 1. The third kappa shape index (κ3) is 2.60. The zero-order valence-electron chi connectivity index (χ0n) is 13.9. The minimum atomic E-state index is -1.54. The number of aliphatic hydroxyl groups is 1. The number of nitro groups is 1. The molecule has 0 spiro atoms. The van der Waals surface area contributed by atoms with Crippen molar-refractivity contribution < 1.29 is 14.8 Å². The fourth-order valence-corrected chi connectivity index (χ4v) is 3.24. The second-order valence-corrected chi connectivity index (χ2v) is 7.12. The number of rotatable bonds is 2. The third-order valence-corrected chi connectivity index (χ3v) is 5.11. The Morgan fingerprint density at radius 1 is 1.32 bits per heavy atom. The van der Waals surface area contributed by atoms with E-state index < -0.39 is 27.7 Å². The van der Waals surface area contributed by atoms with E-state index in [0.717, 1.165) is 0 Å². The van der Waals surface area contributed by atoms with Crippen LogP contribution in [0.3, 0.4) is 0 Å². The van der Waals surface area contributed by atoms with E-state index in [1.807, 2.05) is 0 Å². The van der Waals surface area contributed by atoms with Gasteiger partial charge in [0.15, 0.2) is 0 Å². The molecule has 0 saturated carbocycles. The SMILES string of the molecule is CC1(C)Oc2ccc([N+](=O)[O-])cc2C(n2cccc(Cl)c2=O)C1(C)O. The first-order chi connectivity index (χ1) is 11.6. The lowest BCUT2D eigenvalue weighted by Crippen LogP contribution is -2.60. The lowest BCUT2D eigenvalue weighted by Gasteiger charge is -2.49. The molecule has 1 aliphatic heterocycles. The summed E-state index contributed by atoms with van der Waals surface area (Å²) < 4.78 is 7.16. The smallest absolute Gasteiger partial charge is 0.270 e. The Morgan fingerprint density at radius 2 is 2.00 bits per heavy atom. The normalized spacial score (nSPS) is 24.3. The standard InChI is InChI=1S/C17H17ClN2O5/c1-16(2)17(3,22)14(19-8-4-5-12(18)15(19)21)11-9-10(20(23)24)6-7-13(11)25-16/h4-9,14,22H,1-3H3. The van der Waals surface area contributed by atoms with E-state index in [0.29, 0.717) is 11.3 Å². The quantitative estimate of drug-likeness (QED) is 0.653. The Bertz CT molecular complexity index is 919. The summed E-state index contributed by atoms with van der Waals surface area (Å²) >= 11 is 5.95. The predicted molar refractivity (Wildman–Crippen MR) is 92.3 cm³/mol. The first-order valence-corrected chi connectivity index (χ1v) is 8.00. The summed E-state index contributed by atoms with van der Waals surface area (Å²) in [5, 5.41) is 22.4. The first kappa shape index (κ1) is 17.4. The van der Waals surface area contributed by atoms with Crippen molar-refractivity contribution in [3.63, 3.8) is 0 Å². The van der Waals surface area contributed by atoms with Gasteiger partial charge in [0.25, 0.3) is 11.2 Å². The average Bonchev–Trinajstić information content (AvgIpc) is 2.51. The molecule has 0 radical (unpaired) electrons. The number of fused-ring (bicyclic) bond motifs is 1. The molecule has 0 saturated heterocycles. The summed E-state index contributed by atoms with van der Waals surface area (Å²) in [5.41, 5.74) is -2.89. The highest BCUT2D eigenvalue weighted by molar-refractivity contribution is 6.30. The lowest BCUT2D eigenvalue weighted by atomic mass is 9.75. The van der Waals surface area contributed by atoms with Gasteiger partial charge in [-0.05, 0) is 39.0 Å². The van der Waals surface area contributed by atoms with Crippen LogP contribution in [0, 0.1) is 10.1 Å². The van der Waals surface area contributed by atoms with Crippen LogP contribution in [-0.4, -0.2) is 25.8 Å². The number of hydrogen-bond acceptors (Lipinski definition) is 5. The average molecular weight is 365 g/mol. The second-order valence-electron chi connectivity index (χ2n) is 6.71. The molecule has 2 unspecified atom stereocenters. The molecule has 1 N–H and O–H groups in total. The molecule has 25 heavy (non-hydrogen) atoms. The molecule has 2 atom stereocenters.